The third-order valence-corrected chi connectivity index (χ3v) is 6.41. The molecule has 2 aliphatic rings. The largest absolute Gasteiger partial charge is 0.494 e. The van der Waals surface area contributed by atoms with Gasteiger partial charge < -0.3 is 23.4 Å². The van der Waals surface area contributed by atoms with E-state index >= 15 is 4.39 Å². The molecule has 0 bridgehead atoms. The standard InChI is InChI=1S/C23H32BFN2O5/c1-20(2,3)30-19(28)27-12-8-11-23(25,14-27)18-26-16-13-15(9-10-17(16)29-18)24-31-21(4,5)22(6,7)32-24/h9-10,13H,8,11-12,14H2,1-7H3. The minimum Gasteiger partial charge on any atom is -0.444 e. The summed E-state index contributed by atoms with van der Waals surface area (Å²) in [5, 5.41) is 0. The lowest BCUT2D eigenvalue weighted by Crippen LogP contribution is -2.48. The van der Waals surface area contributed by atoms with E-state index in [0.717, 1.165) is 5.46 Å². The Kier molecular flexibility index (Phi) is 5.37. The number of likely N-dealkylation sites (tertiary alicyclic amines) is 1. The monoisotopic (exact) mass is 446 g/mol. The number of hydrogen-bond donors (Lipinski definition) is 0. The van der Waals surface area contributed by atoms with Crippen LogP contribution in [-0.4, -0.2) is 53.0 Å². The van der Waals surface area contributed by atoms with Gasteiger partial charge in [-0.3, -0.25) is 0 Å². The first-order chi connectivity index (χ1) is 14.7. The third-order valence-electron chi connectivity index (χ3n) is 6.41. The summed E-state index contributed by atoms with van der Waals surface area (Å²) in [6.45, 7) is 13.6. The Morgan fingerprint density at radius 1 is 1.19 bits per heavy atom. The number of aromatic nitrogens is 1. The number of carbonyl (C=O) groups is 1. The average molecular weight is 446 g/mol. The number of nitrogens with zero attached hydrogens (tertiary/aromatic N) is 2. The molecule has 1 aromatic heterocycles. The van der Waals surface area contributed by atoms with Crippen LogP contribution in [-0.2, 0) is 19.7 Å². The number of amides is 1. The van der Waals surface area contributed by atoms with Crippen molar-refractivity contribution in [1.82, 2.24) is 9.88 Å². The second-order valence-corrected chi connectivity index (χ2v) is 10.8. The van der Waals surface area contributed by atoms with Gasteiger partial charge in [-0.25, -0.2) is 14.2 Å². The predicted molar refractivity (Wildman–Crippen MR) is 120 cm³/mol. The van der Waals surface area contributed by atoms with Crippen molar-refractivity contribution < 1.29 is 27.6 Å². The Bertz CT molecular complexity index is 1020. The fraction of sp³-hybridized carbons (Fsp3) is 0.652. The lowest BCUT2D eigenvalue weighted by Gasteiger charge is -2.36. The summed E-state index contributed by atoms with van der Waals surface area (Å²) in [4.78, 5) is 18.3. The molecule has 174 valence electrons. The number of piperidine rings is 1. The highest BCUT2D eigenvalue weighted by atomic mass is 19.1. The molecule has 0 saturated carbocycles. The maximum Gasteiger partial charge on any atom is 0.494 e. The van der Waals surface area contributed by atoms with Gasteiger partial charge in [0.25, 0.3) is 0 Å². The van der Waals surface area contributed by atoms with Gasteiger partial charge in [0.05, 0.1) is 17.7 Å². The van der Waals surface area contributed by atoms with E-state index in [-0.39, 0.29) is 18.9 Å². The molecule has 2 aliphatic heterocycles. The van der Waals surface area contributed by atoms with E-state index in [2.05, 4.69) is 4.98 Å². The number of oxazole rings is 1. The summed E-state index contributed by atoms with van der Waals surface area (Å²) in [6.07, 6.45) is 0.190. The average Bonchev–Trinajstić information content (AvgIpc) is 3.18. The quantitative estimate of drug-likeness (QED) is 0.640. The van der Waals surface area contributed by atoms with Gasteiger partial charge in [0.1, 0.15) is 11.1 Å². The molecule has 1 amide bonds. The van der Waals surface area contributed by atoms with E-state index in [1.807, 2.05) is 39.8 Å². The Labute approximate surface area is 188 Å². The van der Waals surface area contributed by atoms with Crippen molar-refractivity contribution >= 4 is 29.8 Å². The molecule has 9 heteroatoms. The number of ether oxygens (including phenoxy) is 1. The molecule has 2 fully saturated rings. The topological polar surface area (TPSA) is 74.0 Å². The zero-order chi connectivity index (χ0) is 23.5. The van der Waals surface area contributed by atoms with Crippen LogP contribution in [0.3, 0.4) is 0 Å². The van der Waals surface area contributed by atoms with Gasteiger partial charge in [0.2, 0.25) is 11.6 Å². The van der Waals surface area contributed by atoms with Crippen molar-refractivity contribution in [2.75, 3.05) is 13.1 Å². The molecule has 0 N–H and O–H groups in total. The molecule has 1 aromatic carbocycles. The SMILES string of the molecule is CC(C)(C)OC(=O)N1CCCC(F)(c2nc3cc(B4OC(C)(C)C(C)(C)O4)ccc3o2)C1. The van der Waals surface area contributed by atoms with Crippen molar-refractivity contribution in [3.05, 3.63) is 24.1 Å². The number of rotatable bonds is 2. The number of hydrogen-bond acceptors (Lipinski definition) is 6. The van der Waals surface area contributed by atoms with E-state index in [4.69, 9.17) is 18.5 Å². The van der Waals surface area contributed by atoms with Crippen molar-refractivity contribution in [2.45, 2.75) is 83.8 Å². The van der Waals surface area contributed by atoms with Crippen molar-refractivity contribution in [3.8, 4) is 0 Å². The predicted octanol–water partition coefficient (Wildman–Crippen LogP) is 4.32. The molecular formula is C23H32BFN2O5. The lowest BCUT2D eigenvalue weighted by atomic mass is 9.79. The van der Waals surface area contributed by atoms with Gasteiger partial charge in [0.15, 0.2) is 5.58 Å². The minimum atomic E-state index is -1.88. The second-order valence-electron chi connectivity index (χ2n) is 10.8. The van der Waals surface area contributed by atoms with Crippen molar-refractivity contribution in [3.63, 3.8) is 0 Å². The molecule has 2 saturated heterocycles. The van der Waals surface area contributed by atoms with Gasteiger partial charge >= 0.3 is 13.2 Å². The molecule has 0 radical (unpaired) electrons. The van der Waals surface area contributed by atoms with Gasteiger partial charge in [-0.1, -0.05) is 6.07 Å². The van der Waals surface area contributed by atoms with Crippen molar-refractivity contribution in [1.29, 1.82) is 0 Å². The summed E-state index contributed by atoms with van der Waals surface area (Å²) < 4.78 is 39.4. The molecule has 2 aromatic rings. The first kappa shape index (κ1) is 23.0. The normalized spacial score (nSPS) is 25.4. The van der Waals surface area contributed by atoms with Gasteiger partial charge in [-0.05, 0) is 78.9 Å². The van der Waals surface area contributed by atoms with E-state index in [1.54, 1.807) is 26.8 Å². The van der Waals surface area contributed by atoms with Crippen LogP contribution in [0.5, 0.6) is 0 Å². The van der Waals surface area contributed by atoms with Crippen LogP contribution in [0.1, 0.15) is 67.2 Å². The number of fused-ring (bicyclic) bond motifs is 1. The molecule has 1 atom stereocenters. The minimum absolute atomic E-state index is 0.0215. The molecule has 0 spiro atoms. The maximum atomic E-state index is 15.9. The van der Waals surface area contributed by atoms with Gasteiger partial charge in [-0.2, -0.15) is 0 Å². The summed E-state index contributed by atoms with van der Waals surface area (Å²) in [7, 11) is -0.541. The number of carbonyl (C=O) groups excluding carboxylic acids is 1. The molecule has 1 unspecified atom stereocenters. The highest BCUT2D eigenvalue weighted by Gasteiger charge is 2.52. The fourth-order valence-electron chi connectivity index (χ4n) is 3.93. The number of benzene rings is 1. The Morgan fingerprint density at radius 2 is 1.84 bits per heavy atom. The zero-order valence-corrected chi connectivity index (χ0v) is 20.0. The molecule has 7 nitrogen and oxygen atoms in total. The fourth-order valence-corrected chi connectivity index (χ4v) is 3.93. The van der Waals surface area contributed by atoms with Crippen LogP contribution in [0.15, 0.2) is 22.6 Å². The highest BCUT2D eigenvalue weighted by Crippen LogP contribution is 2.38. The van der Waals surface area contributed by atoms with E-state index in [9.17, 15) is 4.79 Å². The second kappa shape index (κ2) is 7.45. The van der Waals surface area contributed by atoms with Crippen LogP contribution in [0.4, 0.5) is 9.18 Å². The van der Waals surface area contributed by atoms with Crippen LogP contribution in [0.25, 0.3) is 11.1 Å². The Morgan fingerprint density at radius 3 is 2.47 bits per heavy atom. The lowest BCUT2D eigenvalue weighted by molar-refractivity contribution is -0.0140. The number of halogens is 1. The number of alkyl halides is 1. The molecular weight excluding hydrogens is 414 g/mol. The van der Waals surface area contributed by atoms with Gasteiger partial charge in [-0.15, -0.1) is 0 Å². The van der Waals surface area contributed by atoms with Crippen LogP contribution in [0, 0.1) is 0 Å². The third kappa shape index (κ3) is 4.24. The zero-order valence-electron chi connectivity index (χ0n) is 20.0. The smallest absolute Gasteiger partial charge is 0.444 e. The first-order valence-corrected chi connectivity index (χ1v) is 11.1. The molecule has 3 heterocycles. The maximum absolute atomic E-state index is 15.9. The van der Waals surface area contributed by atoms with Crippen LogP contribution >= 0.6 is 0 Å². The molecule has 0 aliphatic carbocycles. The summed E-state index contributed by atoms with van der Waals surface area (Å²) in [5.41, 5.74) is -1.64. The van der Waals surface area contributed by atoms with Crippen LogP contribution in [0.2, 0.25) is 0 Å². The summed E-state index contributed by atoms with van der Waals surface area (Å²) in [5.74, 6) is -0.0215. The summed E-state index contributed by atoms with van der Waals surface area (Å²) in [6, 6.07) is 5.41. The molecule has 32 heavy (non-hydrogen) atoms. The highest BCUT2D eigenvalue weighted by molar-refractivity contribution is 6.62. The van der Waals surface area contributed by atoms with Crippen molar-refractivity contribution in [2.24, 2.45) is 0 Å². The van der Waals surface area contributed by atoms with Crippen LogP contribution < -0.4 is 5.46 Å². The summed E-state index contributed by atoms with van der Waals surface area (Å²) >= 11 is 0. The Balaban J connectivity index is 1.57. The van der Waals surface area contributed by atoms with E-state index in [1.165, 1.54) is 4.90 Å². The van der Waals surface area contributed by atoms with E-state index < -0.39 is 35.7 Å². The van der Waals surface area contributed by atoms with Gasteiger partial charge in [0, 0.05) is 6.54 Å². The Hall–Kier alpha value is -2.13. The van der Waals surface area contributed by atoms with E-state index in [0.29, 0.717) is 24.1 Å². The first-order valence-electron chi connectivity index (χ1n) is 11.1. The molecule has 4 rings (SSSR count).